The molecule has 0 heterocycles. The predicted molar refractivity (Wildman–Crippen MR) is 64.8 cm³/mol. The average molecular weight is 224 g/mol. The van der Waals surface area contributed by atoms with Crippen molar-refractivity contribution in [2.45, 2.75) is 40.2 Å². The lowest BCUT2D eigenvalue weighted by molar-refractivity contribution is 0.0919. The molecule has 90 valence electrons. The quantitative estimate of drug-likeness (QED) is 0.831. The molecule has 0 aromatic heterocycles. The molecule has 0 aliphatic rings. The molecule has 0 saturated heterocycles. The van der Waals surface area contributed by atoms with Crippen LogP contribution in [0.2, 0.25) is 0 Å². The number of aliphatic hydroxyl groups is 1. The van der Waals surface area contributed by atoms with Gasteiger partial charge in [0, 0.05) is 0 Å². The van der Waals surface area contributed by atoms with Crippen LogP contribution < -0.4 is 0 Å². The highest BCUT2D eigenvalue weighted by molar-refractivity contribution is 5.27. The van der Waals surface area contributed by atoms with Crippen LogP contribution in [0.4, 0.5) is 4.39 Å². The largest absolute Gasteiger partial charge is 0.392 e. The van der Waals surface area contributed by atoms with E-state index in [0.29, 0.717) is 12.3 Å². The van der Waals surface area contributed by atoms with Crippen molar-refractivity contribution in [2.24, 2.45) is 11.8 Å². The summed E-state index contributed by atoms with van der Waals surface area (Å²) >= 11 is 0. The van der Waals surface area contributed by atoms with Gasteiger partial charge in [0.2, 0.25) is 0 Å². The van der Waals surface area contributed by atoms with Crippen molar-refractivity contribution in [3.63, 3.8) is 0 Å². The van der Waals surface area contributed by atoms with Crippen molar-refractivity contribution >= 4 is 0 Å². The molecule has 2 unspecified atom stereocenters. The molecular formula is C14H21FO. The first-order chi connectivity index (χ1) is 7.41. The molecule has 1 aromatic carbocycles. The number of hydrogen-bond donors (Lipinski definition) is 1. The Kier molecular flexibility index (Phi) is 4.48. The monoisotopic (exact) mass is 224 g/mol. The van der Waals surface area contributed by atoms with Gasteiger partial charge < -0.3 is 5.11 Å². The summed E-state index contributed by atoms with van der Waals surface area (Å²) < 4.78 is 13.1. The van der Waals surface area contributed by atoms with E-state index < -0.39 is 6.10 Å². The van der Waals surface area contributed by atoms with Gasteiger partial charge >= 0.3 is 0 Å². The summed E-state index contributed by atoms with van der Waals surface area (Å²) in [6.07, 6.45) is 0.128. The fourth-order valence-electron chi connectivity index (χ4n) is 1.72. The number of aryl methyl sites for hydroxylation is 1. The summed E-state index contributed by atoms with van der Waals surface area (Å²) in [6, 6.07) is 4.74. The van der Waals surface area contributed by atoms with Crippen LogP contribution in [0, 0.1) is 24.6 Å². The number of benzene rings is 1. The molecule has 0 bridgehead atoms. The highest BCUT2D eigenvalue weighted by atomic mass is 19.1. The zero-order valence-electron chi connectivity index (χ0n) is 10.5. The zero-order valence-corrected chi connectivity index (χ0v) is 10.5. The van der Waals surface area contributed by atoms with Crippen LogP contribution in [0.25, 0.3) is 0 Å². The van der Waals surface area contributed by atoms with Crippen LogP contribution >= 0.6 is 0 Å². The summed E-state index contributed by atoms with van der Waals surface area (Å²) in [5, 5.41) is 10.0. The Morgan fingerprint density at radius 1 is 1.25 bits per heavy atom. The molecule has 2 atom stereocenters. The highest BCUT2D eigenvalue weighted by Gasteiger charge is 2.18. The van der Waals surface area contributed by atoms with Gasteiger partial charge in [0.25, 0.3) is 0 Å². The first-order valence-electron chi connectivity index (χ1n) is 5.85. The van der Waals surface area contributed by atoms with Gasteiger partial charge in [0.15, 0.2) is 0 Å². The van der Waals surface area contributed by atoms with Crippen LogP contribution in [0.3, 0.4) is 0 Å². The van der Waals surface area contributed by atoms with E-state index in [0.717, 1.165) is 11.1 Å². The maximum atomic E-state index is 13.1. The number of rotatable bonds is 4. The molecule has 0 spiro atoms. The molecule has 1 N–H and O–H groups in total. The molecule has 0 aliphatic heterocycles. The molecule has 0 amide bonds. The standard InChI is InChI=1S/C14H21FO/c1-9(2)11(4)14(16)8-12-7-13(15)6-5-10(12)3/h5-7,9,11,14,16H,8H2,1-4H3. The second-order valence-electron chi connectivity index (χ2n) is 4.95. The highest BCUT2D eigenvalue weighted by Crippen LogP contribution is 2.20. The Morgan fingerprint density at radius 2 is 1.88 bits per heavy atom. The maximum Gasteiger partial charge on any atom is 0.123 e. The minimum absolute atomic E-state index is 0.225. The molecule has 1 rings (SSSR count). The Labute approximate surface area is 97.3 Å². The first kappa shape index (κ1) is 13.2. The molecule has 16 heavy (non-hydrogen) atoms. The van der Waals surface area contributed by atoms with Crippen molar-refractivity contribution in [1.29, 1.82) is 0 Å². The van der Waals surface area contributed by atoms with Crippen LogP contribution in [0.5, 0.6) is 0 Å². The van der Waals surface area contributed by atoms with Gasteiger partial charge in [0.1, 0.15) is 5.82 Å². The predicted octanol–water partition coefficient (Wildman–Crippen LogP) is 3.33. The lowest BCUT2D eigenvalue weighted by Gasteiger charge is -2.22. The minimum Gasteiger partial charge on any atom is -0.392 e. The summed E-state index contributed by atoms with van der Waals surface area (Å²) in [4.78, 5) is 0. The Hall–Kier alpha value is -0.890. The van der Waals surface area contributed by atoms with E-state index in [2.05, 4.69) is 13.8 Å². The van der Waals surface area contributed by atoms with E-state index in [1.165, 1.54) is 12.1 Å². The molecular weight excluding hydrogens is 203 g/mol. The Bertz CT molecular complexity index is 347. The maximum absolute atomic E-state index is 13.1. The van der Waals surface area contributed by atoms with Gasteiger partial charge in [-0.2, -0.15) is 0 Å². The first-order valence-corrected chi connectivity index (χ1v) is 5.85. The topological polar surface area (TPSA) is 20.2 Å². The van der Waals surface area contributed by atoms with Crippen LogP contribution in [0.1, 0.15) is 31.9 Å². The third kappa shape index (κ3) is 3.31. The van der Waals surface area contributed by atoms with Gasteiger partial charge in [-0.05, 0) is 48.4 Å². The Balaban J connectivity index is 2.76. The van der Waals surface area contributed by atoms with E-state index in [1.54, 1.807) is 6.07 Å². The fraction of sp³-hybridized carbons (Fsp3) is 0.571. The molecule has 0 saturated carbocycles. The van der Waals surface area contributed by atoms with Gasteiger partial charge in [-0.25, -0.2) is 4.39 Å². The molecule has 2 heteroatoms. The van der Waals surface area contributed by atoms with Crippen LogP contribution in [-0.2, 0) is 6.42 Å². The number of halogens is 1. The molecule has 1 aromatic rings. The van der Waals surface area contributed by atoms with E-state index in [9.17, 15) is 9.50 Å². The van der Waals surface area contributed by atoms with Crippen molar-refractivity contribution in [2.75, 3.05) is 0 Å². The van der Waals surface area contributed by atoms with E-state index in [4.69, 9.17) is 0 Å². The van der Waals surface area contributed by atoms with Crippen LogP contribution in [-0.4, -0.2) is 11.2 Å². The second kappa shape index (κ2) is 5.44. The van der Waals surface area contributed by atoms with Crippen molar-refractivity contribution in [3.8, 4) is 0 Å². The van der Waals surface area contributed by atoms with E-state index in [-0.39, 0.29) is 11.7 Å². The summed E-state index contributed by atoms with van der Waals surface area (Å²) in [6.45, 7) is 8.16. The smallest absolute Gasteiger partial charge is 0.123 e. The molecule has 0 fully saturated rings. The molecule has 0 aliphatic carbocycles. The SMILES string of the molecule is Cc1ccc(F)cc1CC(O)C(C)C(C)C. The average Bonchev–Trinajstić information content (AvgIpc) is 2.22. The normalized spacial score (nSPS) is 15.2. The number of hydrogen-bond acceptors (Lipinski definition) is 1. The second-order valence-corrected chi connectivity index (χ2v) is 4.95. The lowest BCUT2D eigenvalue weighted by atomic mass is 9.88. The van der Waals surface area contributed by atoms with Crippen molar-refractivity contribution < 1.29 is 9.50 Å². The Morgan fingerprint density at radius 3 is 2.44 bits per heavy atom. The summed E-state index contributed by atoms with van der Waals surface area (Å²) in [5.41, 5.74) is 1.94. The van der Waals surface area contributed by atoms with Gasteiger partial charge in [-0.1, -0.05) is 26.8 Å². The summed E-state index contributed by atoms with van der Waals surface area (Å²) in [5.74, 6) is 0.427. The van der Waals surface area contributed by atoms with Crippen molar-refractivity contribution in [1.82, 2.24) is 0 Å². The molecule has 1 nitrogen and oxygen atoms in total. The molecule has 0 radical (unpaired) electrons. The van der Waals surface area contributed by atoms with Crippen molar-refractivity contribution in [3.05, 3.63) is 35.1 Å². The fourth-order valence-corrected chi connectivity index (χ4v) is 1.72. The van der Waals surface area contributed by atoms with Gasteiger partial charge in [0.05, 0.1) is 6.10 Å². The van der Waals surface area contributed by atoms with Gasteiger partial charge in [-0.3, -0.25) is 0 Å². The van der Waals surface area contributed by atoms with Crippen LogP contribution in [0.15, 0.2) is 18.2 Å². The lowest BCUT2D eigenvalue weighted by Crippen LogP contribution is -2.24. The zero-order chi connectivity index (χ0) is 12.3. The third-order valence-corrected chi connectivity index (χ3v) is 3.40. The van der Waals surface area contributed by atoms with E-state index >= 15 is 0 Å². The van der Waals surface area contributed by atoms with E-state index in [1.807, 2.05) is 13.8 Å². The van der Waals surface area contributed by atoms with Gasteiger partial charge in [-0.15, -0.1) is 0 Å². The minimum atomic E-state index is -0.402. The summed E-state index contributed by atoms with van der Waals surface area (Å²) in [7, 11) is 0. The third-order valence-electron chi connectivity index (χ3n) is 3.40. The number of aliphatic hydroxyl groups excluding tert-OH is 1.